The fourth-order valence-corrected chi connectivity index (χ4v) is 2.10. The lowest BCUT2D eigenvalue weighted by Crippen LogP contribution is -2.07. The number of aliphatic hydroxyl groups is 1. The topological polar surface area (TPSA) is 20.2 Å². The average molecular weight is 227 g/mol. The van der Waals surface area contributed by atoms with Gasteiger partial charge < -0.3 is 5.11 Å². The molecular weight excluding hydrogens is 196 g/mol. The van der Waals surface area contributed by atoms with Crippen LogP contribution >= 0.6 is 0 Å². The van der Waals surface area contributed by atoms with Gasteiger partial charge in [0, 0.05) is 0 Å². The van der Waals surface area contributed by atoms with Crippen molar-refractivity contribution in [2.24, 2.45) is 5.92 Å². The van der Waals surface area contributed by atoms with E-state index in [2.05, 4.69) is 13.8 Å². The normalized spacial score (nSPS) is 13.3. The van der Waals surface area contributed by atoms with Crippen LogP contribution in [0.4, 0.5) is 0 Å². The van der Waals surface area contributed by atoms with Crippen LogP contribution in [0.3, 0.4) is 0 Å². The van der Waals surface area contributed by atoms with Gasteiger partial charge in [0.05, 0.1) is 6.10 Å². The Kier molecular flexibility index (Phi) is 11.4. The number of unbranched alkanes of at least 4 members (excludes halogenated alkanes) is 7. The van der Waals surface area contributed by atoms with Crippen LogP contribution in [0.5, 0.6) is 0 Å². The van der Waals surface area contributed by atoms with E-state index in [1.54, 1.807) is 0 Å². The molecule has 0 aliphatic carbocycles. The summed E-state index contributed by atoms with van der Waals surface area (Å²) >= 11 is 0. The fraction of sp³-hybridized carbons (Fsp3) is 0.933. The van der Waals surface area contributed by atoms with Crippen LogP contribution in [0.15, 0.2) is 0 Å². The predicted molar refractivity (Wildman–Crippen MR) is 71.9 cm³/mol. The number of rotatable bonds is 11. The van der Waals surface area contributed by atoms with Gasteiger partial charge in [-0.25, -0.2) is 0 Å². The molecule has 1 nitrogen and oxygen atoms in total. The van der Waals surface area contributed by atoms with Crippen LogP contribution in [0.25, 0.3) is 0 Å². The summed E-state index contributed by atoms with van der Waals surface area (Å²) in [6, 6.07) is 0. The SMILES string of the molecule is CCCCCCCCCCC(C)[C](O)CC. The summed E-state index contributed by atoms with van der Waals surface area (Å²) in [5.41, 5.74) is 0. The molecule has 1 radical (unpaired) electrons. The first kappa shape index (κ1) is 16.0. The minimum Gasteiger partial charge on any atom is -0.387 e. The highest BCUT2D eigenvalue weighted by Gasteiger charge is 2.11. The lowest BCUT2D eigenvalue weighted by molar-refractivity contribution is 0.217. The molecule has 0 aliphatic heterocycles. The van der Waals surface area contributed by atoms with Crippen LogP contribution in [0.1, 0.15) is 85.0 Å². The summed E-state index contributed by atoms with van der Waals surface area (Å²) in [6.45, 7) is 6.43. The van der Waals surface area contributed by atoms with Gasteiger partial charge in [-0.1, -0.05) is 72.1 Å². The van der Waals surface area contributed by atoms with E-state index in [0.29, 0.717) is 12.0 Å². The zero-order valence-electron chi connectivity index (χ0n) is 11.6. The molecule has 0 rings (SSSR count). The van der Waals surface area contributed by atoms with Crippen LogP contribution in [0, 0.1) is 12.0 Å². The Hall–Kier alpha value is -0.0400. The highest BCUT2D eigenvalue weighted by atomic mass is 16.3. The molecule has 16 heavy (non-hydrogen) atoms. The minimum absolute atomic E-state index is 0.407. The van der Waals surface area contributed by atoms with Gasteiger partial charge in [0.2, 0.25) is 0 Å². The van der Waals surface area contributed by atoms with Gasteiger partial charge in [0.1, 0.15) is 0 Å². The maximum atomic E-state index is 9.54. The summed E-state index contributed by atoms with van der Waals surface area (Å²) in [6.07, 6.45) is 13.6. The number of hydrogen-bond acceptors (Lipinski definition) is 1. The third-order valence-electron chi connectivity index (χ3n) is 3.42. The van der Waals surface area contributed by atoms with E-state index >= 15 is 0 Å². The maximum Gasteiger partial charge on any atom is 0.0958 e. The molecule has 0 amide bonds. The van der Waals surface area contributed by atoms with Crippen LogP contribution in [-0.4, -0.2) is 5.11 Å². The monoisotopic (exact) mass is 227 g/mol. The molecule has 0 heterocycles. The van der Waals surface area contributed by atoms with Crippen molar-refractivity contribution in [1.29, 1.82) is 0 Å². The molecule has 0 spiro atoms. The van der Waals surface area contributed by atoms with E-state index in [0.717, 1.165) is 12.8 Å². The van der Waals surface area contributed by atoms with Gasteiger partial charge in [-0.05, 0) is 18.8 Å². The Labute approximate surface area is 103 Å². The molecule has 0 aliphatic rings. The Morgan fingerprint density at radius 2 is 1.38 bits per heavy atom. The third-order valence-corrected chi connectivity index (χ3v) is 3.42. The first-order valence-electron chi connectivity index (χ1n) is 7.27. The zero-order valence-corrected chi connectivity index (χ0v) is 11.6. The molecule has 0 aromatic rings. The quantitative estimate of drug-likeness (QED) is 0.464. The molecule has 0 aromatic heterocycles. The zero-order chi connectivity index (χ0) is 12.2. The molecule has 1 atom stereocenters. The molecular formula is C15H31O. The van der Waals surface area contributed by atoms with Gasteiger partial charge in [-0.15, -0.1) is 0 Å². The Morgan fingerprint density at radius 1 is 0.875 bits per heavy atom. The second kappa shape index (κ2) is 11.4. The lowest BCUT2D eigenvalue weighted by Gasteiger charge is -2.15. The maximum absolute atomic E-state index is 9.54. The average Bonchev–Trinajstić information content (AvgIpc) is 2.31. The molecule has 1 heteroatoms. The van der Waals surface area contributed by atoms with E-state index in [9.17, 15) is 5.11 Å². The van der Waals surface area contributed by atoms with Crippen molar-refractivity contribution in [3.05, 3.63) is 6.10 Å². The summed E-state index contributed by atoms with van der Waals surface area (Å²) in [4.78, 5) is 0. The van der Waals surface area contributed by atoms with Gasteiger partial charge >= 0.3 is 0 Å². The second-order valence-electron chi connectivity index (χ2n) is 5.01. The summed E-state index contributed by atoms with van der Waals surface area (Å²) in [5.74, 6) is 0.407. The largest absolute Gasteiger partial charge is 0.387 e. The van der Waals surface area contributed by atoms with Crippen LogP contribution in [-0.2, 0) is 0 Å². The van der Waals surface area contributed by atoms with E-state index < -0.39 is 0 Å². The molecule has 0 fully saturated rings. The smallest absolute Gasteiger partial charge is 0.0958 e. The predicted octanol–water partition coefficient (Wildman–Crippen LogP) is 5.47. The van der Waals surface area contributed by atoms with Gasteiger partial charge in [-0.2, -0.15) is 0 Å². The summed E-state index contributed by atoms with van der Waals surface area (Å²) < 4.78 is 0. The molecule has 0 saturated heterocycles. The van der Waals surface area contributed by atoms with Crippen molar-refractivity contribution in [3.8, 4) is 0 Å². The van der Waals surface area contributed by atoms with Crippen molar-refractivity contribution < 1.29 is 5.11 Å². The minimum atomic E-state index is 0.407. The number of aliphatic hydroxyl groups excluding tert-OH is 1. The van der Waals surface area contributed by atoms with Gasteiger partial charge in [0.25, 0.3) is 0 Å². The molecule has 0 aromatic carbocycles. The Morgan fingerprint density at radius 3 is 1.88 bits per heavy atom. The van der Waals surface area contributed by atoms with Gasteiger partial charge in [0.15, 0.2) is 0 Å². The Balaban J connectivity index is 3.14. The molecule has 97 valence electrons. The molecule has 0 saturated carbocycles. The van der Waals surface area contributed by atoms with Crippen molar-refractivity contribution in [2.75, 3.05) is 0 Å². The highest BCUT2D eigenvalue weighted by molar-refractivity contribution is 4.79. The highest BCUT2D eigenvalue weighted by Crippen LogP contribution is 2.21. The fourth-order valence-electron chi connectivity index (χ4n) is 2.10. The van der Waals surface area contributed by atoms with Crippen molar-refractivity contribution in [2.45, 2.75) is 85.0 Å². The molecule has 1 N–H and O–H groups in total. The lowest BCUT2D eigenvalue weighted by atomic mass is 9.95. The van der Waals surface area contributed by atoms with Crippen molar-refractivity contribution >= 4 is 0 Å². The van der Waals surface area contributed by atoms with Crippen molar-refractivity contribution in [3.63, 3.8) is 0 Å². The van der Waals surface area contributed by atoms with E-state index in [4.69, 9.17) is 0 Å². The van der Waals surface area contributed by atoms with Gasteiger partial charge in [-0.3, -0.25) is 0 Å². The first-order valence-corrected chi connectivity index (χ1v) is 7.27. The third kappa shape index (κ3) is 9.21. The van der Waals surface area contributed by atoms with Crippen LogP contribution < -0.4 is 0 Å². The summed E-state index contributed by atoms with van der Waals surface area (Å²) in [5, 5.41) is 9.54. The number of hydrogen-bond donors (Lipinski definition) is 1. The van der Waals surface area contributed by atoms with E-state index in [1.165, 1.54) is 51.4 Å². The van der Waals surface area contributed by atoms with E-state index in [1.807, 2.05) is 6.92 Å². The molecule has 0 bridgehead atoms. The van der Waals surface area contributed by atoms with Crippen LogP contribution in [0.2, 0.25) is 0 Å². The summed E-state index contributed by atoms with van der Waals surface area (Å²) in [7, 11) is 0. The Bertz CT molecular complexity index is 133. The molecule has 1 unspecified atom stereocenters. The first-order chi connectivity index (χ1) is 7.72. The van der Waals surface area contributed by atoms with Crippen molar-refractivity contribution in [1.82, 2.24) is 0 Å². The van der Waals surface area contributed by atoms with E-state index in [-0.39, 0.29) is 0 Å². The second-order valence-corrected chi connectivity index (χ2v) is 5.01. The standard InChI is InChI=1S/C15H31O/c1-4-6-7-8-9-10-11-12-13-14(3)15(16)5-2/h14,16H,4-13H2,1-3H3.